The Labute approximate surface area is 108 Å². The Morgan fingerprint density at radius 2 is 2.00 bits per heavy atom. The van der Waals surface area contributed by atoms with Gasteiger partial charge < -0.3 is 14.9 Å². The van der Waals surface area contributed by atoms with E-state index in [2.05, 4.69) is 11.3 Å². The van der Waals surface area contributed by atoms with Gasteiger partial charge in [0.25, 0.3) is 0 Å². The van der Waals surface area contributed by atoms with E-state index in [4.69, 9.17) is 10.2 Å². The molecule has 0 rings (SSSR count). The monoisotopic (exact) mass is 258 g/mol. The van der Waals surface area contributed by atoms with E-state index >= 15 is 0 Å². The van der Waals surface area contributed by atoms with Crippen molar-refractivity contribution in [2.24, 2.45) is 0 Å². The first-order valence-corrected chi connectivity index (χ1v) is 5.79. The van der Waals surface area contributed by atoms with E-state index < -0.39 is 5.97 Å². The molecule has 0 saturated heterocycles. The number of aliphatic hydroxyl groups excluding tert-OH is 1. The van der Waals surface area contributed by atoms with Crippen LogP contribution in [0.2, 0.25) is 0 Å². The first-order valence-electron chi connectivity index (χ1n) is 5.79. The maximum absolute atomic E-state index is 10.3. The summed E-state index contributed by atoms with van der Waals surface area (Å²) in [6.07, 6.45) is 5.06. The van der Waals surface area contributed by atoms with Crippen LogP contribution in [0.15, 0.2) is 24.3 Å². The van der Waals surface area contributed by atoms with Crippen LogP contribution >= 0.6 is 0 Å². The minimum absolute atomic E-state index is 0.00458. The Morgan fingerprint density at radius 1 is 1.39 bits per heavy atom. The van der Waals surface area contributed by atoms with Crippen LogP contribution in [-0.2, 0) is 14.3 Å². The van der Waals surface area contributed by atoms with Gasteiger partial charge in [-0.3, -0.25) is 0 Å². The maximum Gasteiger partial charge on any atom is 0.330 e. The summed E-state index contributed by atoms with van der Waals surface area (Å²) in [6.45, 7) is 7.33. The predicted molar refractivity (Wildman–Crippen MR) is 69.2 cm³/mol. The predicted octanol–water partition coefficient (Wildman–Crippen LogP) is 1.92. The van der Waals surface area contributed by atoms with Crippen molar-refractivity contribution in [3.8, 4) is 0 Å². The van der Waals surface area contributed by atoms with E-state index in [9.17, 15) is 9.59 Å². The Balaban J connectivity index is 0. The molecule has 104 valence electrons. The maximum atomic E-state index is 10.3. The van der Waals surface area contributed by atoms with Gasteiger partial charge in [-0.2, -0.15) is 0 Å². The molecule has 2 N–H and O–H groups in total. The van der Waals surface area contributed by atoms with Gasteiger partial charge in [0.05, 0.1) is 6.61 Å². The number of carbonyl (C=O) groups excluding carboxylic acids is 1. The van der Waals surface area contributed by atoms with Crippen molar-refractivity contribution in [3.05, 3.63) is 24.3 Å². The fourth-order valence-electron chi connectivity index (χ4n) is 0.744. The van der Waals surface area contributed by atoms with Crippen molar-refractivity contribution in [2.75, 3.05) is 13.2 Å². The number of rotatable bonds is 7. The molecule has 0 heterocycles. The second-order valence-electron chi connectivity index (χ2n) is 3.43. The van der Waals surface area contributed by atoms with E-state index in [1.807, 2.05) is 6.92 Å². The van der Waals surface area contributed by atoms with Crippen molar-refractivity contribution < 1.29 is 24.5 Å². The molecule has 0 aromatic rings. The minimum atomic E-state index is -0.927. The van der Waals surface area contributed by atoms with Gasteiger partial charge in [0.2, 0.25) is 0 Å². The molecule has 5 heteroatoms. The average Bonchev–Trinajstić information content (AvgIpc) is 2.36. The molecule has 0 bridgehead atoms. The highest BCUT2D eigenvalue weighted by Gasteiger charge is 1.96. The zero-order chi connectivity index (χ0) is 14.4. The Kier molecular flexibility index (Phi) is 14.0. The molecule has 0 unspecified atom stereocenters. The van der Waals surface area contributed by atoms with Gasteiger partial charge in [-0.1, -0.05) is 26.0 Å². The number of ether oxygens (including phenoxy) is 1. The van der Waals surface area contributed by atoms with E-state index in [0.29, 0.717) is 13.0 Å². The molecule has 0 aliphatic rings. The van der Waals surface area contributed by atoms with Crippen molar-refractivity contribution in [1.29, 1.82) is 0 Å². The first-order chi connectivity index (χ1) is 8.49. The molecule has 0 saturated carbocycles. The largest absolute Gasteiger partial charge is 0.478 e. The van der Waals surface area contributed by atoms with E-state index in [1.54, 1.807) is 0 Å². The van der Waals surface area contributed by atoms with Crippen molar-refractivity contribution >= 4 is 11.9 Å². The number of hydrogen-bond acceptors (Lipinski definition) is 4. The van der Waals surface area contributed by atoms with Crippen LogP contribution in [0.1, 0.15) is 33.1 Å². The lowest BCUT2D eigenvalue weighted by molar-refractivity contribution is -0.138. The molecule has 0 radical (unpaired) electrons. The second kappa shape index (κ2) is 13.4. The molecule has 5 nitrogen and oxygen atoms in total. The van der Waals surface area contributed by atoms with Crippen molar-refractivity contribution in [3.63, 3.8) is 0 Å². The summed E-state index contributed by atoms with van der Waals surface area (Å²) in [7, 11) is 0. The number of esters is 1. The van der Waals surface area contributed by atoms with Crippen LogP contribution in [0, 0.1) is 0 Å². The number of carboxylic acids is 1. The summed E-state index contributed by atoms with van der Waals surface area (Å²) in [5.74, 6) is -1.26. The number of carboxylic acid groups (broad SMARTS) is 1. The lowest BCUT2D eigenvalue weighted by Crippen LogP contribution is -2.00. The van der Waals surface area contributed by atoms with E-state index in [0.717, 1.165) is 12.8 Å². The number of aliphatic hydroxyl groups is 1. The molecular formula is C13H22O5. The molecule has 0 fully saturated rings. The Bertz CT molecular complexity index is 281. The summed E-state index contributed by atoms with van der Waals surface area (Å²) >= 11 is 0. The highest BCUT2D eigenvalue weighted by atomic mass is 16.5. The molecule has 0 aromatic carbocycles. The summed E-state index contributed by atoms with van der Waals surface area (Å²) < 4.78 is 4.67. The smallest absolute Gasteiger partial charge is 0.330 e. The van der Waals surface area contributed by atoms with Crippen LogP contribution in [0.4, 0.5) is 0 Å². The van der Waals surface area contributed by atoms with Crippen LogP contribution < -0.4 is 0 Å². The third kappa shape index (κ3) is 14.4. The van der Waals surface area contributed by atoms with Gasteiger partial charge >= 0.3 is 11.9 Å². The Morgan fingerprint density at radius 3 is 2.39 bits per heavy atom. The van der Waals surface area contributed by atoms with Gasteiger partial charge in [-0.25, -0.2) is 9.59 Å². The van der Waals surface area contributed by atoms with Gasteiger partial charge in [0.15, 0.2) is 0 Å². The van der Waals surface area contributed by atoms with Gasteiger partial charge in [-0.05, 0) is 19.8 Å². The van der Waals surface area contributed by atoms with E-state index in [1.165, 1.54) is 19.1 Å². The molecule has 0 amide bonds. The van der Waals surface area contributed by atoms with Crippen LogP contribution in [0.3, 0.4) is 0 Å². The number of aliphatic carboxylic acids is 1. The molecule has 0 aromatic heterocycles. The molecular weight excluding hydrogens is 236 g/mol. The topological polar surface area (TPSA) is 83.8 Å². The van der Waals surface area contributed by atoms with Gasteiger partial charge in [-0.15, -0.1) is 0 Å². The minimum Gasteiger partial charge on any atom is -0.478 e. The fraction of sp³-hybridized carbons (Fsp3) is 0.538. The van der Waals surface area contributed by atoms with Gasteiger partial charge in [0, 0.05) is 18.3 Å². The molecule has 0 atom stereocenters. The molecule has 0 spiro atoms. The van der Waals surface area contributed by atoms with E-state index in [-0.39, 0.29) is 18.1 Å². The zero-order valence-corrected chi connectivity index (χ0v) is 11.0. The quantitative estimate of drug-likeness (QED) is 0.414. The molecule has 18 heavy (non-hydrogen) atoms. The van der Waals surface area contributed by atoms with Gasteiger partial charge in [0.1, 0.15) is 0 Å². The number of carbonyl (C=O) groups is 2. The third-order valence-electron chi connectivity index (χ3n) is 1.83. The molecule has 0 aliphatic heterocycles. The average molecular weight is 258 g/mol. The Hall–Kier alpha value is -1.62. The third-order valence-corrected chi connectivity index (χ3v) is 1.83. The normalized spacial score (nSPS) is 10.1. The highest BCUT2D eigenvalue weighted by Crippen LogP contribution is 1.93. The summed E-state index contributed by atoms with van der Waals surface area (Å²) in [5.41, 5.74) is 0.282. The molecule has 0 aliphatic carbocycles. The zero-order valence-electron chi connectivity index (χ0n) is 11.0. The second-order valence-corrected chi connectivity index (χ2v) is 3.43. The number of hydrogen-bond donors (Lipinski definition) is 2. The van der Waals surface area contributed by atoms with Crippen molar-refractivity contribution in [1.82, 2.24) is 0 Å². The van der Waals surface area contributed by atoms with Crippen molar-refractivity contribution in [2.45, 2.75) is 33.1 Å². The summed E-state index contributed by atoms with van der Waals surface area (Å²) in [6, 6.07) is 0. The summed E-state index contributed by atoms with van der Waals surface area (Å²) in [4.78, 5) is 20.4. The van der Waals surface area contributed by atoms with Crippen LogP contribution in [-0.4, -0.2) is 35.4 Å². The first kappa shape index (κ1) is 18.7. The van der Waals surface area contributed by atoms with Crippen LogP contribution in [0.25, 0.3) is 0 Å². The summed E-state index contributed by atoms with van der Waals surface area (Å²) in [5, 5.41) is 16.5. The lowest BCUT2D eigenvalue weighted by Gasteiger charge is -1.97. The fourth-order valence-corrected chi connectivity index (χ4v) is 0.744. The SMILES string of the molecule is C=CC(=O)OCCCC.CC(=CCCO)C(=O)O. The van der Waals surface area contributed by atoms with Crippen LogP contribution in [0.5, 0.6) is 0 Å². The number of unbranched alkanes of at least 4 members (excludes halogenated alkanes) is 1. The standard InChI is InChI=1S/C7H12O2.C6H10O3/c1-3-5-6-9-7(8)4-2;1-5(6(8)9)3-2-4-7/h4H,2-3,5-6H2,1H3;3,7H,2,4H2,1H3,(H,8,9). The highest BCUT2D eigenvalue weighted by molar-refractivity contribution is 5.85. The lowest BCUT2D eigenvalue weighted by atomic mass is 10.2.